The molecule has 1 fully saturated rings. The van der Waals surface area contributed by atoms with Crippen LogP contribution in [0.3, 0.4) is 0 Å². The van der Waals surface area contributed by atoms with Crippen LogP contribution in [-0.2, 0) is 10.0 Å². The highest BCUT2D eigenvalue weighted by atomic mass is 32.2. The molecular formula is C21H30N2O3S. The summed E-state index contributed by atoms with van der Waals surface area (Å²) >= 11 is 0. The van der Waals surface area contributed by atoms with Crippen LogP contribution in [-0.4, -0.2) is 38.9 Å². The SMILES string of the molecule is O=C(c1cccc(S(=O)(=O)NCCC2=CCCCC2)c1)N1CCCCCC1. The summed E-state index contributed by atoms with van der Waals surface area (Å²) in [6.45, 7) is 1.91. The Kier molecular flexibility index (Phi) is 7.07. The molecule has 1 amide bonds. The molecule has 1 aliphatic heterocycles. The zero-order valence-corrected chi connectivity index (χ0v) is 16.8. The Bertz CT molecular complexity index is 778. The maximum absolute atomic E-state index is 12.8. The Morgan fingerprint density at radius 2 is 1.81 bits per heavy atom. The number of hydrogen-bond acceptors (Lipinski definition) is 3. The Labute approximate surface area is 162 Å². The van der Waals surface area contributed by atoms with Gasteiger partial charge in [-0.2, -0.15) is 0 Å². The maximum Gasteiger partial charge on any atom is 0.253 e. The first-order chi connectivity index (χ1) is 13.1. The van der Waals surface area contributed by atoms with E-state index >= 15 is 0 Å². The minimum atomic E-state index is -3.60. The van der Waals surface area contributed by atoms with Gasteiger partial charge in [-0.25, -0.2) is 13.1 Å². The van der Waals surface area contributed by atoms with E-state index in [0.717, 1.165) is 58.0 Å². The van der Waals surface area contributed by atoms with Crippen LogP contribution in [0, 0.1) is 0 Å². The van der Waals surface area contributed by atoms with E-state index < -0.39 is 10.0 Å². The van der Waals surface area contributed by atoms with Crippen LogP contribution in [0.2, 0.25) is 0 Å². The van der Waals surface area contributed by atoms with E-state index in [4.69, 9.17) is 0 Å². The average molecular weight is 391 g/mol. The highest BCUT2D eigenvalue weighted by Gasteiger charge is 2.20. The number of carbonyl (C=O) groups excluding carboxylic acids is 1. The van der Waals surface area contributed by atoms with Crippen molar-refractivity contribution in [1.29, 1.82) is 0 Å². The fourth-order valence-corrected chi connectivity index (χ4v) is 4.89. The molecule has 1 aliphatic carbocycles. The number of benzene rings is 1. The molecule has 27 heavy (non-hydrogen) atoms. The highest BCUT2D eigenvalue weighted by molar-refractivity contribution is 7.89. The van der Waals surface area contributed by atoms with Crippen molar-refractivity contribution in [3.8, 4) is 0 Å². The van der Waals surface area contributed by atoms with Crippen molar-refractivity contribution < 1.29 is 13.2 Å². The zero-order valence-electron chi connectivity index (χ0n) is 16.0. The van der Waals surface area contributed by atoms with Gasteiger partial charge in [0.25, 0.3) is 5.91 Å². The number of hydrogen-bond donors (Lipinski definition) is 1. The van der Waals surface area contributed by atoms with Crippen molar-refractivity contribution in [3.05, 3.63) is 41.5 Å². The molecule has 0 atom stereocenters. The van der Waals surface area contributed by atoms with Crippen LogP contribution in [0.4, 0.5) is 0 Å². The number of nitrogens with zero attached hydrogens (tertiary/aromatic N) is 1. The van der Waals surface area contributed by atoms with Gasteiger partial charge in [0.05, 0.1) is 4.90 Å². The molecule has 5 nitrogen and oxygen atoms in total. The number of carbonyl (C=O) groups is 1. The van der Waals surface area contributed by atoms with Gasteiger partial charge in [-0.1, -0.05) is 30.6 Å². The largest absolute Gasteiger partial charge is 0.339 e. The lowest BCUT2D eigenvalue weighted by Gasteiger charge is -2.20. The standard InChI is InChI=1S/C21H30N2O3S/c24-21(23-15-6-1-2-7-16-23)19-11-8-12-20(17-19)27(25,26)22-14-13-18-9-4-3-5-10-18/h8-9,11-12,17,22H,1-7,10,13-16H2. The molecule has 3 rings (SSSR count). The number of sulfonamides is 1. The number of amides is 1. The van der Waals surface area contributed by atoms with Crippen LogP contribution >= 0.6 is 0 Å². The third-order valence-corrected chi connectivity index (χ3v) is 6.87. The summed E-state index contributed by atoms with van der Waals surface area (Å²) < 4.78 is 27.9. The molecule has 0 spiro atoms. The van der Waals surface area contributed by atoms with Crippen molar-refractivity contribution in [3.63, 3.8) is 0 Å². The summed E-state index contributed by atoms with van der Waals surface area (Å²) in [4.78, 5) is 14.8. The van der Waals surface area contributed by atoms with Crippen LogP contribution in [0.1, 0.15) is 68.1 Å². The van der Waals surface area contributed by atoms with E-state index in [9.17, 15) is 13.2 Å². The fourth-order valence-electron chi connectivity index (χ4n) is 3.81. The Morgan fingerprint density at radius 1 is 1.04 bits per heavy atom. The van der Waals surface area contributed by atoms with Crippen LogP contribution in [0.15, 0.2) is 40.8 Å². The number of likely N-dealkylation sites (tertiary alicyclic amines) is 1. The first-order valence-corrected chi connectivity index (χ1v) is 11.6. The lowest BCUT2D eigenvalue weighted by atomic mass is 9.97. The second kappa shape index (κ2) is 9.51. The van der Waals surface area contributed by atoms with Crippen molar-refractivity contribution >= 4 is 15.9 Å². The third-order valence-electron chi connectivity index (χ3n) is 5.41. The molecule has 1 saturated heterocycles. The maximum atomic E-state index is 12.8. The fraction of sp³-hybridized carbons (Fsp3) is 0.571. The normalized spacial score (nSPS) is 18.7. The molecular weight excluding hydrogens is 360 g/mol. The van der Waals surface area contributed by atoms with Crippen LogP contribution in [0.5, 0.6) is 0 Å². The molecule has 1 aromatic carbocycles. The molecule has 148 valence electrons. The Morgan fingerprint density at radius 3 is 2.52 bits per heavy atom. The molecule has 1 heterocycles. The van der Waals surface area contributed by atoms with Gasteiger partial charge in [-0.15, -0.1) is 0 Å². The first kappa shape index (κ1) is 20.1. The van der Waals surface area contributed by atoms with E-state index in [1.165, 1.54) is 24.5 Å². The molecule has 0 aromatic heterocycles. The minimum absolute atomic E-state index is 0.0682. The van der Waals surface area contributed by atoms with Gasteiger partial charge in [0.1, 0.15) is 0 Å². The van der Waals surface area contributed by atoms with Gasteiger partial charge in [-0.3, -0.25) is 4.79 Å². The van der Waals surface area contributed by atoms with Crippen molar-refractivity contribution in [2.24, 2.45) is 0 Å². The summed E-state index contributed by atoms with van der Waals surface area (Å²) in [5.74, 6) is -0.0682. The van der Waals surface area contributed by atoms with Gasteiger partial charge in [0.15, 0.2) is 0 Å². The van der Waals surface area contributed by atoms with Crippen molar-refractivity contribution in [2.45, 2.75) is 62.7 Å². The molecule has 0 radical (unpaired) electrons. The summed E-state index contributed by atoms with van der Waals surface area (Å²) in [5, 5.41) is 0. The third kappa shape index (κ3) is 5.66. The lowest BCUT2D eigenvalue weighted by molar-refractivity contribution is 0.0761. The smallest absolute Gasteiger partial charge is 0.253 e. The van der Waals surface area contributed by atoms with E-state index in [2.05, 4.69) is 10.8 Å². The molecule has 1 N–H and O–H groups in total. The lowest BCUT2D eigenvalue weighted by Crippen LogP contribution is -2.32. The molecule has 0 saturated carbocycles. The summed E-state index contributed by atoms with van der Waals surface area (Å²) in [6, 6.07) is 6.43. The van der Waals surface area contributed by atoms with Gasteiger partial charge >= 0.3 is 0 Å². The summed E-state index contributed by atoms with van der Waals surface area (Å²) in [7, 11) is -3.60. The highest BCUT2D eigenvalue weighted by Crippen LogP contribution is 2.20. The Hall–Kier alpha value is -1.66. The molecule has 0 bridgehead atoms. The zero-order chi connectivity index (χ0) is 19.1. The number of allylic oxidation sites excluding steroid dienone is 1. The monoisotopic (exact) mass is 390 g/mol. The van der Waals surface area contributed by atoms with Crippen molar-refractivity contribution in [2.75, 3.05) is 19.6 Å². The summed E-state index contributed by atoms with van der Waals surface area (Å²) in [6.07, 6.45) is 11.9. The second-order valence-electron chi connectivity index (χ2n) is 7.49. The number of nitrogens with one attached hydrogen (secondary N) is 1. The Balaban J connectivity index is 1.64. The molecule has 0 unspecified atom stereocenters. The topological polar surface area (TPSA) is 66.5 Å². The van der Waals surface area contributed by atoms with Gasteiger partial charge < -0.3 is 4.90 Å². The number of rotatable bonds is 6. The average Bonchev–Trinajstić information content (AvgIpc) is 2.98. The van der Waals surface area contributed by atoms with E-state index in [1.54, 1.807) is 18.2 Å². The van der Waals surface area contributed by atoms with Gasteiger partial charge in [0.2, 0.25) is 10.0 Å². The van der Waals surface area contributed by atoms with E-state index in [1.807, 2.05) is 4.90 Å². The predicted octanol–water partition coefficient (Wildman–Crippen LogP) is 3.87. The molecule has 1 aromatic rings. The van der Waals surface area contributed by atoms with Crippen LogP contribution < -0.4 is 4.72 Å². The summed E-state index contributed by atoms with van der Waals surface area (Å²) in [5.41, 5.74) is 1.80. The van der Waals surface area contributed by atoms with E-state index in [-0.39, 0.29) is 10.8 Å². The van der Waals surface area contributed by atoms with Gasteiger partial charge in [-0.05, 0) is 63.1 Å². The quantitative estimate of drug-likeness (QED) is 0.750. The van der Waals surface area contributed by atoms with Crippen LogP contribution in [0.25, 0.3) is 0 Å². The predicted molar refractivity (Wildman–Crippen MR) is 107 cm³/mol. The molecule has 2 aliphatic rings. The van der Waals surface area contributed by atoms with Gasteiger partial charge in [0, 0.05) is 25.2 Å². The molecule has 6 heteroatoms. The van der Waals surface area contributed by atoms with Crippen molar-refractivity contribution in [1.82, 2.24) is 9.62 Å². The first-order valence-electron chi connectivity index (χ1n) is 10.1. The second-order valence-corrected chi connectivity index (χ2v) is 9.26. The minimum Gasteiger partial charge on any atom is -0.339 e. The van der Waals surface area contributed by atoms with E-state index in [0.29, 0.717) is 12.1 Å².